The third kappa shape index (κ3) is 9.72. The average Bonchev–Trinajstić information content (AvgIpc) is 3.34. The average molecular weight is 935 g/mol. The number of unbranched alkanes of at least 4 members (excludes halogenated alkanes) is 2. The number of nitro benzene ring substituents is 1. The maximum atomic E-state index is 15.2. The SMILES string of the molecule is C=CCOC12Oc3ccc(OCc4ccccc4F)cc3C3C(CCCCO)C(CCCCO)C=C(C(=NOCc4ccc([N+](=O)[O-])cc4)CC1N(C)S(=O)(=O)c1cccc4cccnc14)C32. The van der Waals surface area contributed by atoms with E-state index in [2.05, 4.69) is 17.6 Å². The molecule has 3 aliphatic rings. The van der Waals surface area contributed by atoms with E-state index in [1.165, 1.54) is 35.6 Å². The van der Waals surface area contributed by atoms with Crippen molar-refractivity contribution in [3.63, 3.8) is 0 Å². The fourth-order valence-corrected chi connectivity index (χ4v) is 11.6. The molecule has 2 N–H and O–H groups in total. The zero-order valence-electron chi connectivity index (χ0n) is 37.3. The number of oxime groups is 1. The van der Waals surface area contributed by atoms with Crippen LogP contribution in [0, 0.1) is 33.7 Å². The van der Waals surface area contributed by atoms with Crippen LogP contribution in [0.3, 0.4) is 0 Å². The minimum Gasteiger partial charge on any atom is -0.489 e. The molecule has 2 aliphatic carbocycles. The Balaban J connectivity index is 1.31. The van der Waals surface area contributed by atoms with Crippen LogP contribution in [0.4, 0.5) is 10.1 Å². The first kappa shape index (κ1) is 47.5. The number of aliphatic hydroxyl groups excluding tert-OH is 2. The number of fused-ring (bicyclic) bond motifs is 3. The molecule has 6 unspecified atom stereocenters. The molecular weight excluding hydrogens is 880 g/mol. The number of sulfonamides is 1. The summed E-state index contributed by atoms with van der Waals surface area (Å²) < 4.78 is 67.1. The molecule has 1 saturated carbocycles. The predicted octanol–water partition coefficient (Wildman–Crippen LogP) is 9.02. The van der Waals surface area contributed by atoms with Crippen LogP contribution in [0.25, 0.3) is 10.9 Å². The molecule has 14 nitrogen and oxygen atoms in total. The van der Waals surface area contributed by atoms with E-state index in [1.807, 2.05) is 6.07 Å². The maximum absolute atomic E-state index is 15.2. The Morgan fingerprint density at radius 3 is 2.49 bits per heavy atom. The van der Waals surface area contributed by atoms with Crippen molar-refractivity contribution in [1.82, 2.24) is 9.29 Å². The van der Waals surface area contributed by atoms with E-state index in [-0.39, 0.29) is 67.7 Å². The van der Waals surface area contributed by atoms with E-state index >= 15 is 8.42 Å². The second kappa shape index (κ2) is 20.9. The van der Waals surface area contributed by atoms with Gasteiger partial charge in [0.2, 0.25) is 15.8 Å². The molecule has 1 aliphatic heterocycles. The normalized spacial score (nSPS) is 22.7. The molecule has 16 heteroatoms. The zero-order valence-corrected chi connectivity index (χ0v) is 38.1. The van der Waals surface area contributed by atoms with E-state index in [0.717, 1.165) is 17.6 Å². The first-order valence-electron chi connectivity index (χ1n) is 22.6. The Morgan fingerprint density at radius 2 is 1.75 bits per heavy atom. The summed E-state index contributed by atoms with van der Waals surface area (Å²) in [7, 11) is -2.85. The quantitative estimate of drug-likeness (QED) is 0.0310. The molecule has 2 heterocycles. The summed E-state index contributed by atoms with van der Waals surface area (Å²) in [4.78, 5) is 21.5. The molecule has 4 aromatic carbocycles. The molecule has 0 amide bonds. The minimum atomic E-state index is -4.37. The second-order valence-corrected chi connectivity index (χ2v) is 19.2. The highest BCUT2D eigenvalue weighted by Gasteiger charge is 2.65. The van der Waals surface area contributed by atoms with Crippen LogP contribution in [0.15, 0.2) is 138 Å². The minimum absolute atomic E-state index is 0.0000871. The highest BCUT2D eigenvalue weighted by atomic mass is 32.2. The van der Waals surface area contributed by atoms with Gasteiger partial charge in [-0.15, -0.1) is 6.58 Å². The molecule has 5 aromatic rings. The van der Waals surface area contributed by atoms with Crippen molar-refractivity contribution in [2.24, 2.45) is 22.9 Å². The van der Waals surface area contributed by atoms with E-state index in [9.17, 15) is 24.7 Å². The highest BCUT2D eigenvalue weighted by Crippen LogP contribution is 2.62. The number of hydrogen-bond acceptors (Lipinski definition) is 12. The molecule has 0 bridgehead atoms. The first-order valence-corrected chi connectivity index (χ1v) is 24.1. The molecule has 1 aromatic heterocycles. The molecular formula is C51H55FN4O10S. The molecule has 8 rings (SSSR count). The molecule has 0 spiro atoms. The van der Waals surface area contributed by atoms with Gasteiger partial charge >= 0.3 is 0 Å². The van der Waals surface area contributed by atoms with Crippen molar-refractivity contribution in [1.29, 1.82) is 0 Å². The van der Waals surface area contributed by atoms with Gasteiger partial charge in [-0.05, 0) is 97.2 Å². The first-order chi connectivity index (χ1) is 32.5. The van der Waals surface area contributed by atoms with Crippen LogP contribution in [0.2, 0.25) is 0 Å². The van der Waals surface area contributed by atoms with Crippen LogP contribution >= 0.6 is 0 Å². The summed E-state index contributed by atoms with van der Waals surface area (Å²) in [5.74, 6) is -2.45. The third-order valence-electron chi connectivity index (χ3n) is 13.2. The van der Waals surface area contributed by atoms with Gasteiger partial charge < -0.3 is 29.3 Å². The number of non-ortho nitro benzene ring substituents is 1. The predicted molar refractivity (Wildman–Crippen MR) is 250 cm³/mol. The number of para-hydroxylation sites is 1. The molecule has 6 atom stereocenters. The Morgan fingerprint density at radius 1 is 0.985 bits per heavy atom. The van der Waals surface area contributed by atoms with Gasteiger partial charge in [0.25, 0.3) is 5.69 Å². The summed E-state index contributed by atoms with van der Waals surface area (Å²) in [6.45, 7) is 3.94. The van der Waals surface area contributed by atoms with Crippen LogP contribution in [-0.2, 0) is 32.8 Å². The van der Waals surface area contributed by atoms with Crippen molar-refractivity contribution in [2.45, 2.75) is 80.8 Å². The van der Waals surface area contributed by atoms with E-state index in [4.69, 9.17) is 24.2 Å². The van der Waals surface area contributed by atoms with E-state index in [0.29, 0.717) is 71.3 Å². The fraction of sp³-hybridized carbons (Fsp3) is 0.373. The number of aromatic nitrogens is 1. The van der Waals surface area contributed by atoms with Gasteiger partial charge in [-0.25, -0.2) is 12.8 Å². The summed E-state index contributed by atoms with van der Waals surface area (Å²) in [5.41, 5.74) is 3.27. The number of rotatable bonds is 21. The Kier molecular flexibility index (Phi) is 14.8. The van der Waals surface area contributed by atoms with Crippen LogP contribution in [-0.4, -0.2) is 77.3 Å². The number of pyridine rings is 1. The van der Waals surface area contributed by atoms with Crippen molar-refractivity contribution in [3.05, 3.63) is 160 Å². The topological polar surface area (TPSA) is 183 Å². The highest BCUT2D eigenvalue weighted by molar-refractivity contribution is 7.89. The Labute approximate surface area is 389 Å². The summed E-state index contributed by atoms with van der Waals surface area (Å²) >= 11 is 0. The number of nitro groups is 1. The number of allylic oxidation sites excluding steroid dienone is 1. The number of halogens is 1. The molecule has 67 heavy (non-hydrogen) atoms. The van der Waals surface area contributed by atoms with E-state index in [1.54, 1.807) is 79.0 Å². The van der Waals surface area contributed by atoms with Gasteiger partial charge in [-0.3, -0.25) is 15.1 Å². The lowest BCUT2D eigenvalue weighted by molar-refractivity contribution is -0.384. The summed E-state index contributed by atoms with van der Waals surface area (Å²) in [6, 6.07) is 25.3. The van der Waals surface area contributed by atoms with Crippen molar-refractivity contribution >= 4 is 32.3 Å². The standard InChI is InChI=1S/C51H55FN4O10S/c1-3-28-64-51-47(55(2)67(61,62)46-18-10-14-35-15-11-25-53-50(35)46)31-44(54-65-32-34-19-21-38(22-20-34)56(59)60)41-29-36(12-6-8-26-57)40(16-7-9-27-58)48(49(41)51)42-30-39(23-24-45(42)66-51)63-33-37-13-4-5-17-43(37)52/h3-5,10-11,13-15,17-25,29-30,36,40,47-49,57-58H,1,6-9,12,16,26-28,31-33H2,2H3. The van der Waals surface area contributed by atoms with Crippen LogP contribution < -0.4 is 9.47 Å². The monoisotopic (exact) mass is 934 g/mol. The van der Waals surface area contributed by atoms with Gasteiger partial charge in [-0.1, -0.05) is 66.5 Å². The largest absolute Gasteiger partial charge is 0.489 e. The van der Waals surface area contributed by atoms with E-state index < -0.39 is 38.6 Å². The van der Waals surface area contributed by atoms with Gasteiger partial charge in [0.1, 0.15) is 35.4 Å². The van der Waals surface area contributed by atoms with Crippen LogP contribution in [0.5, 0.6) is 11.5 Å². The van der Waals surface area contributed by atoms with Gasteiger partial charge in [0.05, 0.1) is 34.7 Å². The smallest absolute Gasteiger partial charge is 0.269 e. The summed E-state index contributed by atoms with van der Waals surface area (Å²) in [5, 5.41) is 36.7. The summed E-state index contributed by atoms with van der Waals surface area (Å²) in [6.07, 6.45) is 9.27. The van der Waals surface area contributed by atoms with Gasteiger partial charge in [0.15, 0.2) is 0 Å². The molecule has 352 valence electrons. The maximum Gasteiger partial charge on any atom is 0.269 e. The van der Waals surface area contributed by atoms with Crippen molar-refractivity contribution in [2.75, 3.05) is 26.9 Å². The number of likely N-dealkylation sites (N-methyl/N-ethyl adjacent to an activating group) is 1. The van der Waals surface area contributed by atoms with Crippen molar-refractivity contribution in [3.8, 4) is 11.5 Å². The lowest BCUT2D eigenvalue weighted by atomic mass is 9.55. The van der Waals surface area contributed by atoms with Gasteiger partial charge in [-0.2, -0.15) is 4.31 Å². The lowest BCUT2D eigenvalue weighted by Crippen LogP contribution is -2.69. The second-order valence-electron chi connectivity index (χ2n) is 17.2. The number of benzene rings is 4. The molecule has 0 radical (unpaired) electrons. The number of aliphatic hydroxyl groups is 2. The lowest BCUT2D eigenvalue weighted by Gasteiger charge is -2.59. The number of nitrogens with zero attached hydrogens (tertiary/aromatic N) is 4. The number of hydrogen-bond donors (Lipinski definition) is 2. The Bertz CT molecular complexity index is 2750. The zero-order chi connectivity index (χ0) is 47.1. The molecule has 0 saturated heterocycles. The van der Waals surface area contributed by atoms with Crippen molar-refractivity contribution < 1.29 is 47.0 Å². The van der Waals surface area contributed by atoms with Gasteiger partial charge in [0, 0.05) is 67.4 Å². The fourth-order valence-electron chi connectivity index (χ4n) is 10.1. The van der Waals surface area contributed by atoms with Crippen LogP contribution in [0.1, 0.15) is 67.6 Å². The number of ether oxygens (including phenoxy) is 3. The Hall–Kier alpha value is -6.04. The third-order valence-corrected chi connectivity index (χ3v) is 15.1. The molecule has 1 fully saturated rings.